The molecule has 0 radical (unpaired) electrons. The average molecular weight is 270 g/mol. The summed E-state index contributed by atoms with van der Waals surface area (Å²) in [6.07, 6.45) is 6.56. The van der Waals surface area contributed by atoms with Crippen LogP contribution in [-0.2, 0) is 4.74 Å². The molecule has 1 aromatic carbocycles. The molecular weight excluding hydrogens is 252 g/mol. The van der Waals surface area contributed by atoms with E-state index in [1.807, 2.05) is 30.3 Å². The van der Waals surface area contributed by atoms with Crippen molar-refractivity contribution >= 4 is 5.97 Å². The lowest BCUT2D eigenvalue weighted by Gasteiger charge is -2.16. The lowest BCUT2D eigenvalue weighted by Crippen LogP contribution is -2.09. The van der Waals surface area contributed by atoms with Gasteiger partial charge in [0.05, 0.1) is 19.1 Å². The van der Waals surface area contributed by atoms with Crippen molar-refractivity contribution in [3.05, 3.63) is 42.4 Å². The van der Waals surface area contributed by atoms with E-state index >= 15 is 0 Å². The number of imidazole rings is 1. The van der Waals surface area contributed by atoms with Gasteiger partial charge < -0.3 is 9.30 Å². The van der Waals surface area contributed by atoms with Gasteiger partial charge in [-0.2, -0.15) is 0 Å². The van der Waals surface area contributed by atoms with Crippen molar-refractivity contribution in [3.63, 3.8) is 0 Å². The fraction of sp³-hybridized carbons (Fsp3) is 0.375. The van der Waals surface area contributed by atoms with E-state index in [1.165, 1.54) is 20.0 Å². The first kappa shape index (κ1) is 12.9. The molecule has 1 fully saturated rings. The molecule has 0 saturated heterocycles. The molecule has 0 N–H and O–H groups in total. The highest BCUT2D eigenvalue weighted by Crippen LogP contribution is 2.35. The van der Waals surface area contributed by atoms with Crippen LogP contribution >= 0.6 is 0 Å². The monoisotopic (exact) mass is 270 g/mol. The summed E-state index contributed by atoms with van der Waals surface area (Å²) in [6.45, 7) is 0. The Morgan fingerprint density at radius 1 is 1.25 bits per heavy atom. The largest absolute Gasteiger partial charge is 0.464 e. The number of carbonyl (C=O) groups excluding carboxylic acids is 1. The summed E-state index contributed by atoms with van der Waals surface area (Å²) < 4.78 is 7.01. The van der Waals surface area contributed by atoms with E-state index in [0.29, 0.717) is 11.7 Å². The standard InChI is InChI=1S/C16H18N2O2/c1-20-16(19)14-15(12-7-3-2-4-8-12)18(11-17-14)13-9-5-6-10-13/h2-4,7-8,11,13H,5-6,9-10H2,1H3. The van der Waals surface area contributed by atoms with E-state index in [4.69, 9.17) is 4.74 Å². The lowest BCUT2D eigenvalue weighted by molar-refractivity contribution is 0.0595. The average Bonchev–Trinajstić information content (AvgIpc) is 3.15. The number of ether oxygens (including phenoxy) is 1. The molecule has 3 rings (SSSR count). The van der Waals surface area contributed by atoms with E-state index < -0.39 is 0 Å². The molecule has 104 valence electrons. The first-order valence-corrected chi connectivity index (χ1v) is 7.02. The van der Waals surface area contributed by atoms with Gasteiger partial charge in [-0.25, -0.2) is 9.78 Å². The summed E-state index contributed by atoms with van der Waals surface area (Å²) in [5.74, 6) is -0.374. The van der Waals surface area contributed by atoms with Crippen molar-refractivity contribution in [2.75, 3.05) is 7.11 Å². The molecular formula is C16H18N2O2. The second kappa shape index (κ2) is 5.49. The summed E-state index contributed by atoms with van der Waals surface area (Å²) in [4.78, 5) is 16.2. The SMILES string of the molecule is COC(=O)c1ncn(C2CCCC2)c1-c1ccccc1. The van der Waals surface area contributed by atoms with Crippen LogP contribution in [0.5, 0.6) is 0 Å². The van der Waals surface area contributed by atoms with Crippen molar-refractivity contribution in [2.24, 2.45) is 0 Å². The van der Waals surface area contributed by atoms with E-state index in [2.05, 4.69) is 9.55 Å². The molecule has 0 amide bonds. The fourth-order valence-corrected chi connectivity index (χ4v) is 2.95. The minimum atomic E-state index is -0.374. The van der Waals surface area contributed by atoms with Crippen LogP contribution in [0.1, 0.15) is 42.2 Å². The maximum absolute atomic E-state index is 11.9. The Morgan fingerprint density at radius 2 is 1.95 bits per heavy atom. The topological polar surface area (TPSA) is 44.1 Å². The molecule has 0 atom stereocenters. The number of esters is 1. The number of benzene rings is 1. The number of rotatable bonds is 3. The Morgan fingerprint density at radius 3 is 2.60 bits per heavy atom. The van der Waals surface area contributed by atoms with Crippen LogP contribution in [-0.4, -0.2) is 22.6 Å². The van der Waals surface area contributed by atoms with Crippen LogP contribution in [0.2, 0.25) is 0 Å². The normalized spacial score (nSPS) is 15.4. The fourth-order valence-electron chi connectivity index (χ4n) is 2.95. The van der Waals surface area contributed by atoms with Crippen LogP contribution in [0.4, 0.5) is 0 Å². The van der Waals surface area contributed by atoms with Gasteiger partial charge >= 0.3 is 5.97 Å². The second-order valence-electron chi connectivity index (χ2n) is 5.14. The summed E-state index contributed by atoms with van der Waals surface area (Å²) in [6, 6.07) is 10.4. The van der Waals surface area contributed by atoms with Crippen molar-refractivity contribution < 1.29 is 9.53 Å². The van der Waals surface area contributed by atoms with Gasteiger partial charge in [-0.05, 0) is 12.8 Å². The third kappa shape index (κ3) is 2.22. The Kier molecular flexibility index (Phi) is 3.54. The van der Waals surface area contributed by atoms with Gasteiger partial charge in [0, 0.05) is 11.6 Å². The maximum atomic E-state index is 11.9. The minimum absolute atomic E-state index is 0.374. The van der Waals surface area contributed by atoms with Crippen LogP contribution in [0.3, 0.4) is 0 Å². The molecule has 2 aromatic rings. The first-order valence-electron chi connectivity index (χ1n) is 7.02. The van der Waals surface area contributed by atoms with Gasteiger partial charge in [-0.3, -0.25) is 0 Å². The molecule has 4 heteroatoms. The Hall–Kier alpha value is -2.10. The van der Waals surface area contributed by atoms with Crippen LogP contribution in [0.15, 0.2) is 36.7 Å². The highest BCUT2D eigenvalue weighted by Gasteiger charge is 2.25. The van der Waals surface area contributed by atoms with E-state index in [9.17, 15) is 4.79 Å². The highest BCUT2D eigenvalue weighted by molar-refractivity contribution is 5.94. The number of hydrogen-bond donors (Lipinski definition) is 0. The van der Waals surface area contributed by atoms with Gasteiger partial charge in [0.2, 0.25) is 0 Å². The van der Waals surface area contributed by atoms with Crippen LogP contribution < -0.4 is 0 Å². The van der Waals surface area contributed by atoms with Gasteiger partial charge in [0.25, 0.3) is 0 Å². The summed E-state index contributed by atoms with van der Waals surface area (Å²) in [5.41, 5.74) is 2.30. The molecule has 0 bridgehead atoms. The van der Waals surface area contributed by atoms with Crippen LogP contribution in [0.25, 0.3) is 11.3 Å². The molecule has 1 aromatic heterocycles. The molecule has 1 heterocycles. The zero-order valence-corrected chi connectivity index (χ0v) is 11.6. The van der Waals surface area contributed by atoms with Gasteiger partial charge in [0.15, 0.2) is 5.69 Å². The summed E-state index contributed by atoms with van der Waals surface area (Å²) in [7, 11) is 1.39. The first-order chi connectivity index (χ1) is 9.81. The van der Waals surface area contributed by atoms with Crippen molar-refractivity contribution in [3.8, 4) is 11.3 Å². The Labute approximate surface area is 118 Å². The van der Waals surface area contributed by atoms with Crippen molar-refractivity contribution in [1.29, 1.82) is 0 Å². The van der Waals surface area contributed by atoms with Gasteiger partial charge in [0.1, 0.15) is 0 Å². The quantitative estimate of drug-likeness (QED) is 0.802. The molecule has 1 aliphatic carbocycles. The van der Waals surface area contributed by atoms with E-state index in [-0.39, 0.29) is 5.97 Å². The molecule has 1 saturated carbocycles. The molecule has 0 aliphatic heterocycles. The smallest absolute Gasteiger partial charge is 0.358 e. The van der Waals surface area contributed by atoms with Crippen molar-refractivity contribution in [2.45, 2.75) is 31.7 Å². The second-order valence-corrected chi connectivity index (χ2v) is 5.14. The Balaban J connectivity index is 2.11. The minimum Gasteiger partial charge on any atom is -0.464 e. The predicted octanol–water partition coefficient (Wildman–Crippen LogP) is 3.45. The van der Waals surface area contributed by atoms with Crippen LogP contribution in [0, 0.1) is 0 Å². The maximum Gasteiger partial charge on any atom is 0.358 e. The summed E-state index contributed by atoms with van der Waals surface area (Å²) in [5, 5.41) is 0. The number of carbonyl (C=O) groups is 1. The molecule has 20 heavy (non-hydrogen) atoms. The summed E-state index contributed by atoms with van der Waals surface area (Å²) >= 11 is 0. The predicted molar refractivity (Wildman–Crippen MR) is 76.5 cm³/mol. The zero-order chi connectivity index (χ0) is 13.9. The van der Waals surface area contributed by atoms with E-state index in [1.54, 1.807) is 6.33 Å². The van der Waals surface area contributed by atoms with Gasteiger partial charge in [-0.1, -0.05) is 43.2 Å². The lowest BCUT2D eigenvalue weighted by atomic mass is 10.1. The molecule has 0 unspecified atom stereocenters. The molecule has 4 nitrogen and oxygen atoms in total. The number of methoxy groups -OCH3 is 1. The number of hydrogen-bond acceptors (Lipinski definition) is 3. The number of nitrogens with zero attached hydrogens (tertiary/aromatic N) is 2. The third-order valence-electron chi connectivity index (χ3n) is 3.94. The van der Waals surface area contributed by atoms with Gasteiger partial charge in [-0.15, -0.1) is 0 Å². The Bertz CT molecular complexity index is 598. The molecule has 1 aliphatic rings. The molecule has 0 spiro atoms. The van der Waals surface area contributed by atoms with Crippen molar-refractivity contribution in [1.82, 2.24) is 9.55 Å². The third-order valence-corrected chi connectivity index (χ3v) is 3.94. The highest BCUT2D eigenvalue weighted by atomic mass is 16.5. The zero-order valence-electron chi connectivity index (χ0n) is 11.6. The van der Waals surface area contributed by atoms with E-state index in [0.717, 1.165) is 24.1 Å². The number of aromatic nitrogens is 2.